The Hall–Kier alpha value is -1.60. The lowest BCUT2D eigenvalue weighted by atomic mass is 10.4. The van der Waals surface area contributed by atoms with E-state index in [1.807, 2.05) is 29.1 Å². The predicted octanol–water partition coefficient (Wildman–Crippen LogP) is 2.82. The second kappa shape index (κ2) is 4.95. The average Bonchev–Trinajstić information content (AvgIpc) is 3.08. The summed E-state index contributed by atoms with van der Waals surface area (Å²) in [5, 5.41) is 10.7. The third-order valence-corrected chi connectivity index (χ3v) is 4.22. The molecule has 0 saturated heterocycles. The van der Waals surface area contributed by atoms with E-state index in [-0.39, 0.29) is 0 Å². The van der Waals surface area contributed by atoms with Crippen LogP contribution in [0.15, 0.2) is 39.6 Å². The Morgan fingerprint density at radius 2 is 2.44 bits per heavy atom. The Bertz CT molecular complexity index is 629. The molecule has 0 saturated carbocycles. The van der Waals surface area contributed by atoms with Gasteiger partial charge in [0.05, 0.1) is 16.8 Å². The normalized spacial score (nSPS) is 10.9. The van der Waals surface area contributed by atoms with Gasteiger partial charge in [-0.15, -0.1) is 21.5 Å². The lowest BCUT2D eigenvalue weighted by molar-refractivity contribution is 0.530. The van der Waals surface area contributed by atoms with Crippen LogP contribution in [0.3, 0.4) is 0 Å². The monoisotopic (exact) mass is 278 g/mol. The molecule has 0 N–H and O–H groups in total. The molecule has 0 atom stereocenters. The number of rotatable bonds is 4. The first-order chi connectivity index (χ1) is 8.83. The Kier molecular flexibility index (Phi) is 3.16. The van der Waals surface area contributed by atoms with Gasteiger partial charge in [0, 0.05) is 7.05 Å². The first-order valence-corrected chi connectivity index (χ1v) is 7.15. The molecule has 92 valence electrons. The van der Waals surface area contributed by atoms with Gasteiger partial charge in [-0.3, -0.25) is 0 Å². The fraction of sp³-hybridized carbons (Fsp3) is 0.182. The minimum absolute atomic E-state index is 0.651. The summed E-state index contributed by atoms with van der Waals surface area (Å²) in [6, 6.07) is 4.02. The molecule has 0 aliphatic rings. The van der Waals surface area contributed by atoms with Crippen LogP contribution in [0.1, 0.15) is 5.89 Å². The molecule has 7 heteroatoms. The molecule has 0 aliphatic carbocycles. The second-order valence-corrected chi connectivity index (χ2v) is 5.50. The molecule has 5 nitrogen and oxygen atoms in total. The molecule has 0 bridgehead atoms. The molecule has 0 aromatic carbocycles. The summed E-state index contributed by atoms with van der Waals surface area (Å²) in [6.45, 7) is 0. The molecule has 0 amide bonds. The molecular weight excluding hydrogens is 268 g/mol. The highest BCUT2D eigenvalue weighted by molar-refractivity contribution is 7.98. The van der Waals surface area contributed by atoms with Gasteiger partial charge in [0.2, 0.25) is 5.89 Å². The van der Waals surface area contributed by atoms with Crippen molar-refractivity contribution in [2.24, 2.45) is 7.05 Å². The highest BCUT2D eigenvalue weighted by Gasteiger charge is 2.09. The van der Waals surface area contributed by atoms with E-state index in [9.17, 15) is 0 Å². The van der Waals surface area contributed by atoms with Crippen molar-refractivity contribution in [1.82, 2.24) is 19.7 Å². The van der Waals surface area contributed by atoms with Crippen LogP contribution in [0.25, 0.3) is 10.6 Å². The molecule has 0 radical (unpaired) electrons. The zero-order valence-corrected chi connectivity index (χ0v) is 11.2. The molecule has 0 spiro atoms. The lowest BCUT2D eigenvalue weighted by Crippen LogP contribution is -1.89. The quantitative estimate of drug-likeness (QED) is 0.687. The standard InChI is InChI=1S/C11H10N4OS2/c1-15-7-13-14-11(15)18-6-10-12-5-8(16-10)9-3-2-4-17-9/h2-5,7H,6H2,1H3. The first kappa shape index (κ1) is 11.5. The number of thioether (sulfide) groups is 1. The van der Waals surface area contributed by atoms with E-state index in [2.05, 4.69) is 15.2 Å². The molecular formula is C11H10N4OS2. The first-order valence-electron chi connectivity index (χ1n) is 5.28. The minimum Gasteiger partial charge on any atom is -0.439 e. The zero-order valence-electron chi connectivity index (χ0n) is 9.61. The van der Waals surface area contributed by atoms with Crippen LogP contribution in [0.2, 0.25) is 0 Å². The van der Waals surface area contributed by atoms with E-state index in [4.69, 9.17) is 4.42 Å². The zero-order chi connectivity index (χ0) is 12.4. The maximum absolute atomic E-state index is 5.69. The fourth-order valence-corrected chi connectivity index (χ4v) is 2.85. The van der Waals surface area contributed by atoms with Gasteiger partial charge in [0.1, 0.15) is 6.33 Å². The third-order valence-electron chi connectivity index (χ3n) is 2.31. The van der Waals surface area contributed by atoms with Crippen LogP contribution in [0.5, 0.6) is 0 Å². The van der Waals surface area contributed by atoms with Gasteiger partial charge < -0.3 is 8.98 Å². The molecule has 3 aromatic rings. The van der Waals surface area contributed by atoms with Crippen LogP contribution in [-0.2, 0) is 12.8 Å². The SMILES string of the molecule is Cn1cnnc1SCc1ncc(-c2cccs2)o1. The minimum atomic E-state index is 0.651. The Labute approximate surface area is 112 Å². The van der Waals surface area contributed by atoms with E-state index < -0.39 is 0 Å². The van der Waals surface area contributed by atoms with E-state index in [1.165, 1.54) is 0 Å². The number of oxazole rings is 1. The summed E-state index contributed by atoms with van der Waals surface area (Å²) < 4.78 is 7.56. The van der Waals surface area contributed by atoms with Gasteiger partial charge in [-0.05, 0) is 11.4 Å². The number of nitrogens with zero attached hydrogens (tertiary/aromatic N) is 4. The average molecular weight is 278 g/mol. The number of aromatic nitrogens is 4. The molecule has 18 heavy (non-hydrogen) atoms. The summed E-state index contributed by atoms with van der Waals surface area (Å²) in [6.07, 6.45) is 3.44. The smallest absolute Gasteiger partial charge is 0.205 e. The van der Waals surface area contributed by atoms with Crippen LogP contribution >= 0.6 is 23.1 Å². The highest BCUT2D eigenvalue weighted by atomic mass is 32.2. The van der Waals surface area contributed by atoms with E-state index in [1.54, 1.807) is 35.6 Å². The lowest BCUT2D eigenvalue weighted by Gasteiger charge is -1.96. The second-order valence-electron chi connectivity index (χ2n) is 3.61. The van der Waals surface area contributed by atoms with Gasteiger partial charge >= 0.3 is 0 Å². The Balaban J connectivity index is 1.69. The summed E-state index contributed by atoms with van der Waals surface area (Å²) in [5.41, 5.74) is 0. The summed E-state index contributed by atoms with van der Waals surface area (Å²) >= 11 is 3.19. The summed E-state index contributed by atoms with van der Waals surface area (Å²) in [4.78, 5) is 5.36. The maximum atomic E-state index is 5.69. The molecule has 3 rings (SSSR count). The topological polar surface area (TPSA) is 56.7 Å². The predicted molar refractivity (Wildman–Crippen MR) is 70.4 cm³/mol. The van der Waals surface area contributed by atoms with Crippen molar-refractivity contribution in [2.45, 2.75) is 10.9 Å². The van der Waals surface area contributed by atoms with Crippen LogP contribution in [-0.4, -0.2) is 19.7 Å². The van der Waals surface area contributed by atoms with Crippen molar-refractivity contribution in [2.75, 3.05) is 0 Å². The van der Waals surface area contributed by atoms with Crippen molar-refractivity contribution in [3.8, 4) is 10.6 Å². The number of hydrogen-bond donors (Lipinski definition) is 0. The highest BCUT2D eigenvalue weighted by Crippen LogP contribution is 2.27. The molecule has 0 unspecified atom stereocenters. The van der Waals surface area contributed by atoms with Crippen molar-refractivity contribution in [3.05, 3.63) is 35.9 Å². The Morgan fingerprint density at radius 3 is 3.17 bits per heavy atom. The van der Waals surface area contributed by atoms with Crippen molar-refractivity contribution in [3.63, 3.8) is 0 Å². The van der Waals surface area contributed by atoms with Gasteiger partial charge in [0.15, 0.2) is 10.9 Å². The van der Waals surface area contributed by atoms with Crippen LogP contribution in [0, 0.1) is 0 Å². The third kappa shape index (κ3) is 2.32. The van der Waals surface area contributed by atoms with Crippen molar-refractivity contribution in [1.29, 1.82) is 0 Å². The molecule has 0 aliphatic heterocycles. The van der Waals surface area contributed by atoms with E-state index >= 15 is 0 Å². The van der Waals surface area contributed by atoms with Gasteiger partial charge in [-0.25, -0.2) is 4.98 Å². The summed E-state index contributed by atoms with van der Waals surface area (Å²) in [5.74, 6) is 2.17. The van der Waals surface area contributed by atoms with E-state index in [0.717, 1.165) is 15.8 Å². The largest absolute Gasteiger partial charge is 0.439 e. The van der Waals surface area contributed by atoms with Crippen molar-refractivity contribution < 1.29 is 4.42 Å². The van der Waals surface area contributed by atoms with Crippen LogP contribution in [0.4, 0.5) is 0 Å². The van der Waals surface area contributed by atoms with E-state index in [0.29, 0.717) is 11.6 Å². The van der Waals surface area contributed by atoms with Gasteiger partial charge in [-0.1, -0.05) is 17.8 Å². The number of aryl methyl sites for hydroxylation is 1. The van der Waals surface area contributed by atoms with Crippen molar-refractivity contribution >= 4 is 23.1 Å². The summed E-state index contributed by atoms with van der Waals surface area (Å²) in [7, 11) is 1.91. The maximum Gasteiger partial charge on any atom is 0.205 e. The molecule has 3 heterocycles. The fourth-order valence-electron chi connectivity index (χ4n) is 1.44. The number of thiophene rings is 1. The Morgan fingerprint density at radius 1 is 1.50 bits per heavy atom. The van der Waals surface area contributed by atoms with Gasteiger partial charge in [-0.2, -0.15) is 0 Å². The van der Waals surface area contributed by atoms with Gasteiger partial charge in [0.25, 0.3) is 0 Å². The molecule has 0 fully saturated rings. The molecule has 3 aromatic heterocycles. The van der Waals surface area contributed by atoms with Crippen LogP contribution < -0.4 is 0 Å². The number of hydrogen-bond acceptors (Lipinski definition) is 6.